The molecule has 0 spiro atoms. The van der Waals surface area contributed by atoms with Crippen LogP contribution in [0.4, 0.5) is 0 Å². The van der Waals surface area contributed by atoms with E-state index in [1.54, 1.807) is 13.8 Å². The zero-order chi connectivity index (χ0) is 18.0. The first-order valence-electron chi connectivity index (χ1n) is 7.64. The highest BCUT2D eigenvalue weighted by molar-refractivity contribution is 7.80. The van der Waals surface area contributed by atoms with Crippen LogP contribution in [0.15, 0.2) is 0 Å². The number of thiol groups is 1. The maximum Gasteiger partial charge on any atom is 0.326 e. The van der Waals surface area contributed by atoms with Crippen LogP contribution >= 0.6 is 12.6 Å². The van der Waals surface area contributed by atoms with Gasteiger partial charge in [0.1, 0.15) is 12.1 Å². The Labute approximate surface area is 142 Å². The van der Waals surface area contributed by atoms with Gasteiger partial charge in [0.15, 0.2) is 0 Å². The van der Waals surface area contributed by atoms with Gasteiger partial charge < -0.3 is 27.2 Å². The van der Waals surface area contributed by atoms with Gasteiger partial charge in [0.25, 0.3) is 0 Å². The van der Waals surface area contributed by atoms with Gasteiger partial charge in [-0.2, -0.15) is 12.6 Å². The lowest BCUT2D eigenvalue weighted by molar-refractivity contribution is -0.143. The largest absolute Gasteiger partial charge is 0.480 e. The molecule has 3 unspecified atom stereocenters. The SMILES string of the molecule is CC(C)C(NC(=O)C(CS)NC(=O)C(N)CCCCN)C(=O)O. The van der Waals surface area contributed by atoms with Crippen LogP contribution in [-0.4, -0.2) is 53.3 Å². The minimum absolute atomic E-state index is 0.0392. The van der Waals surface area contributed by atoms with E-state index in [0.29, 0.717) is 13.0 Å². The van der Waals surface area contributed by atoms with E-state index in [0.717, 1.165) is 12.8 Å². The molecule has 0 saturated heterocycles. The van der Waals surface area contributed by atoms with Crippen LogP contribution in [0.3, 0.4) is 0 Å². The lowest BCUT2D eigenvalue weighted by Gasteiger charge is -2.23. The van der Waals surface area contributed by atoms with Gasteiger partial charge in [0, 0.05) is 5.75 Å². The Morgan fingerprint density at radius 1 is 1.13 bits per heavy atom. The molecule has 0 rings (SSSR count). The van der Waals surface area contributed by atoms with Crippen LogP contribution in [0.5, 0.6) is 0 Å². The Balaban J connectivity index is 4.60. The van der Waals surface area contributed by atoms with Crippen molar-refractivity contribution in [1.29, 1.82) is 0 Å². The number of nitrogens with one attached hydrogen (secondary N) is 2. The fraction of sp³-hybridized carbons (Fsp3) is 0.786. The molecule has 23 heavy (non-hydrogen) atoms. The van der Waals surface area contributed by atoms with Gasteiger partial charge >= 0.3 is 5.97 Å². The molecule has 0 heterocycles. The summed E-state index contributed by atoms with van der Waals surface area (Å²) in [6.07, 6.45) is 1.96. The van der Waals surface area contributed by atoms with E-state index in [4.69, 9.17) is 16.6 Å². The number of aliphatic carboxylic acids is 1. The molecular formula is C14H28N4O4S. The summed E-state index contributed by atoms with van der Waals surface area (Å²) >= 11 is 4.03. The molecule has 0 radical (unpaired) electrons. The Morgan fingerprint density at radius 2 is 1.74 bits per heavy atom. The van der Waals surface area contributed by atoms with Gasteiger partial charge in [0.2, 0.25) is 11.8 Å². The fourth-order valence-corrected chi connectivity index (χ4v) is 2.14. The van der Waals surface area contributed by atoms with Gasteiger partial charge in [-0.1, -0.05) is 20.3 Å². The predicted octanol–water partition coefficient (Wildman–Crippen LogP) is -0.917. The van der Waals surface area contributed by atoms with Crippen molar-refractivity contribution in [3.05, 3.63) is 0 Å². The normalized spacial score (nSPS) is 14.9. The molecule has 0 aromatic heterocycles. The molecule has 134 valence electrons. The Morgan fingerprint density at radius 3 is 2.17 bits per heavy atom. The van der Waals surface area contributed by atoms with E-state index in [-0.39, 0.29) is 11.7 Å². The molecule has 0 saturated carbocycles. The highest BCUT2D eigenvalue weighted by atomic mass is 32.1. The van der Waals surface area contributed by atoms with Gasteiger partial charge in [0.05, 0.1) is 6.04 Å². The quantitative estimate of drug-likeness (QED) is 0.210. The molecule has 2 amide bonds. The third kappa shape index (κ3) is 8.19. The molecule has 0 aromatic rings. The van der Waals surface area contributed by atoms with Crippen LogP contribution in [0.2, 0.25) is 0 Å². The maximum atomic E-state index is 12.1. The van der Waals surface area contributed by atoms with Crippen molar-refractivity contribution in [3.63, 3.8) is 0 Å². The van der Waals surface area contributed by atoms with E-state index >= 15 is 0 Å². The Hall–Kier alpha value is -1.32. The second-order valence-electron chi connectivity index (χ2n) is 5.70. The van der Waals surface area contributed by atoms with Gasteiger partial charge in [-0.25, -0.2) is 4.79 Å². The van der Waals surface area contributed by atoms with Crippen molar-refractivity contribution in [3.8, 4) is 0 Å². The van der Waals surface area contributed by atoms with E-state index in [1.807, 2.05) is 0 Å². The zero-order valence-electron chi connectivity index (χ0n) is 13.6. The van der Waals surface area contributed by atoms with E-state index in [1.165, 1.54) is 0 Å². The van der Waals surface area contributed by atoms with Crippen molar-refractivity contribution in [2.75, 3.05) is 12.3 Å². The van der Waals surface area contributed by atoms with Crippen molar-refractivity contribution < 1.29 is 19.5 Å². The number of carbonyl (C=O) groups is 3. The molecule has 8 nitrogen and oxygen atoms in total. The Bertz CT molecular complexity index is 406. The molecule has 7 N–H and O–H groups in total. The summed E-state index contributed by atoms with van der Waals surface area (Å²) in [5, 5.41) is 14.0. The fourth-order valence-electron chi connectivity index (χ4n) is 1.88. The van der Waals surface area contributed by atoms with Crippen LogP contribution in [0, 0.1) is 5.92 Å². The smallest absolute Gasteiger partial charge is 0.326 e. The standard InChI is InChI=1S/C14H28N4O4S/c1-8(2)11(14(21)22)18-13(20)10(7-23)17-12(19)9(16)5-3-4-6-15/h8-11,23H,3-7,15-16H2,1-2H3,(H,17,19)(H,18,20)(H,21,22). The van der Waals surface area contributed by atoms with Gasteiger partial charge in [-0.3, -0.25) is 9.59 Å². The molecule has 9 heteroatoms. The number of carboxylic acid groups (broad SMARTS) is 1. The van der Waals surface area contributed by atoms with Crippen LogP contribution in [0.25, 0.3) is 0 Å². The molecule has 0 aliphatic rings. The number of nitrogens with two attached hydrogens (primary N) is 2. The summed E-state index contributed by atoms with van der Waals surface area (Å²) in [7, 11) is 0. The van der Waals surface area contributed by atoms with Crippen molar-refractivity contribution in [1.82, 2.24) is 10.6 Å². The number of rotatable bonds is 11. The summed E-state index contributed by atoms with van der Waals surface area (Å²) in [5.74, 6) is -2.43. The average Bonchev–Trinajstić information content (AvgIpc) is 2.48. The lowest BCUT2D eigenvalue weighted by Crippen LogP contribution is -2.56. The third-order valence-corrected chi connectivity index (χ3v) is 3.72. The average molecular weight is 348 g/mol. The number of hydrogen-bond acceptors (Lipinski definition) is 6. The monoisotopic (exact) mass is 348 g/mol. The van der Waals surface area contributed by atoms with Crippen molar-refractivity contribution in [2.45, 2.75) is 51.2 Å². The minimum atomic E-state index is -1.13. The van der Waals surface area contributed by atoms with Crippen molar-refractivity contribution >= 4 is 30.4 Å². The molecule has 0 fully saturated rings. The second-order valence-corrected chi connectivity index (χ2v) is 6.07. The summed E-state index contributed by atoms with van der Waals surface area (Å²) in [6, 6.07) is -2.70. The first-order chi connectivity index (χ1) is 10.7. The first-order valence-corrected chi connectivity index (χ1v) is 8.27. The predicted molar refractivity (Wildman–Crippen MR) is 91.1 cm³/mol. The summed E-state index contributed by atoms with van der Waals surface area (Å²) in [5.41, 5.74) is 11.1. The van der Waals surface area contributed by atoms with Crippen LogP contribution in [-0.2, 0) is 14.4 Å². The second kappa shape index (κ2) is 11.3. The number of unbranched alkanes of at least 4 members (excludes halogenated alkanes) is 1. The topological polar surface area (TPSA) is 148 Å². The van der Waals surface area contributed by atoms with Crippen molar-refractivity contribution in [2.24, 2.45) is 17.4 Å². The molecule has 0 aromatic carbocycles. The Kier molecular flexibility index (Phi) is 10.6. The molecular weight excluding hydrogens is 320 g/mol. The summed E-state index contributed by atoms with van der Waals surface area (Å²) in [6.45, 7) is 3.89. The number of carboxylic acids is 1. The highest BCUT2D eigenvalue weighted by Gasteiger charge is 2.28. The van der Waals surface area contributed by atoms with Crippen LogP contribution in [0.1, 0.15) is 33.1 Å². The number of hydrogen-bond donors (Lipinski definition) is 6. The van der Waals surface area contributed by atoms with E-state index in [2.05, 4.69) is 23.3 Å². The molecule has 0 aliphatic carbocycles. The number of amides is 2. The first kappa shape index (κ1) is 21.7. The van der Waals surface area contributed by atoms with Gasteiger partial charge in [-0.15, -0.1) is 0 Å². The minimum Gasteiger partial charge on any atom is -0.480 e. The van der Waals surface area contributed by atoms with Gasteiger partial charge in [-0.05, 0) is 25.3 Å². The van der Waals surface area contributed by atoms with E-state index < -0.39 is 35.9 Å². The lowest BCUT2D eigenvalue weighted by atomic mass is 10.0. The van der Waals surface area contributed by atoms with E-state index in [9.17, 15) is 14.4 Å². The highest BCUT2D eigenvalue weighted by Crippen LogP contribution is 2.04. The molecule has 0 aliphatic heterocycles. The summed E-state index contributed by atoms with van der Waals surface area (Å²) < 4.78 is 0. The number of carbonyl (C=O) groups excluding carboxylic acids is 2. The summed E-state index contributed by atoms with van der Waals surface area (Å²) in [4.78, 5) is 35.2. The maximum absolute atomic E-state index is 12.1. The third-order valence-electron chi connectivity index (χ3n) is 3.35. The van der Waals surface area contributed by atoms with Crippen LogP contribution < -0.4 is 22.1 Å². The molecule has 0 bridgehead atoms. The molecule has 3 atom stereocenters. The zero-order valence-corrected chi connectivity index (χ0v) is 14.5.